The van der Waals surface area contributed by atoms with Crippen molar-refractivity contribution in [1.29, 1.82) is 0 Å². The second kappa shape index (κ2) is 12.5. The highest BCUT2D eigenvalue weighted by atomic mass is 16.5. The van der Waals surface area contributed by atoms with Gasteiger partial charge in [-0.15, -0.1) is 6.58 Å². The molecule has 3 aromatic carbocycles. The lowest BCUT2D eigenvalue weighted by Crippen LogP contribution is -2.19. The van der Waals surface area contributed by atoms with Gasteiger partial charge in [0.05, 0.1) is 7.11 Å². The number of urea groups is 1. The van der Waals surface area contributed by atoms with Gasteiger partial charge >= 0.3 is 6.03 Å². The maximum atomic E-state index is 12.1. The standard InChI is InChI=1S/C16H14O3.C13H12N2O/c1-3-12(11-7-5-4-6-8-11)13-9-15(18)16(19-2)10-14(13)17;16-13(14-11-7-3-1-4-8-11)15-12-9-5-2-6-10-12/h3-10,12H,1H2,2H3;1-10H,(H2,14,15,16). The molecule has 1 aliphatic carbocycles. The van der Waals surface area contributed by atoms with E-state index in [0.29, 0.717) is 5.57 Å². The molecular formula is C29H26N2O4. The lowest BCUT2D eigenvalue weighted by Gasteiger charge is -2.18. The molecule has 6 heteroatoms. The van der Waals surface area contributed by atoms with E-state index >= 15 is 0 Å². The second-order valence-electron chi connectivity index (χ2n) is 7.48. The van der Waals surface area contributed by atoms with Crippen LogP contribution in [-0.4, -0.2) is 24.7 Å². The average Bonchev–Trinajstić information content (AvgIpc) is 2.88. The molecule has 3 aromatic rings. The van der Waals surface area contributed by atoms with Crippen LogP contribution in [0.1, 0.15) is 11.5 Å². The van der Waals surface area contributed by atoms with Gasteiger partial charge < -0.3 is 15.4 Å². The molecular weight excluding hydrogens is 440 g/mol. The average molecular weight is 467 g/mol. The Bertz CT molecular complexity index is 1190. The van der Waals surface area contributed by atoms with Crippen LogP contribution in [0.15, 0.2) is 127 Å². The fraction of sp³-hybridized carbons (Fsp3) is 0.0690. The molecule has 1 unspecified atom stereocenters. The Morgan fingerprint density at radius 2 is 1.26 bits per heavy atom. The Morgan fingerprint density at radius 1 is 0.771 bits per heavy atom. The van der Waals surface area contributed by atoms with Crippen LogP contribution in [0.2, 0.25) is 0 Å². The van der Waals surface area contributed by atoms with Crippen molar-refractivity contribution in [1.82, 2.24) is 0 Å². The van der Waals surface area contributed by atoms with Crippen LogP contribution < -0.4 is 10.6 Å². The number of hydrogen-bond acceptors (Lipinski definition) is 4. The number of nitrogens with one attached hydrogen (secondary N) is 2. The van der Waals surface area contributed by atoms with Gasteiger partial charge in [0.15, 0.2) is 11.5 Å². The van der Waals surface area contributed by atoms with Gasteiger partial charge in [0.1, 0.15) is 0 Å². The molecule has 0 saturated carbocycles. The van der Waals surface area contributed by atoms with E-state index in [-0.39, 0.29) is 29.3 Å². The van der Waals surface area contributed by atoms with Crippen molar-refractivity contribution >= 4 is 29.0 Å². The Balaban J connectivity index is 0.000000198. The first-order valence-electron chi connectivity index (χ1n) is 10.9. The molecule has 35 heavy (non-hydrogen) atoms. The summed E-state index contributed by atoms with van der Waals surface area (Å²) in [7, 11) is 1.37. The van der Waals surface area contributed by atoms with Crippen LogP contribution in [0.5, 0.6) is 0 Å². The van der Waals surface area contributed by atoms with Crippen molar-refractivity contribution in [2.45, 2.75) is 5.92 Å². The number of anilines is 2. The fourth-order valence-corrected chi connectivity index (χ4v) is 3.40. The molecule has 0 radical (unpaired) electrons. The monoisotopic (exact) mass is 466 g/mol. The molecule has 0 saturated heterocycles. The molecule has 1 atom stereocenters. The number of ether oxygens (including phenoxy) is 1. The van der Waals surface area contributed by atoms with E-state index < -0.39 is 0 Å². The summed E-state index contributed by atoms with van der Waals surface area (Å²) in [6.45, 7) is 3.75. The van der Waals surface area contributed by atoms with Crippen LogP contribution in [0, 0.1) is 0 Å². The van der Waals surface area contributed by atoms with Crippen molar-refractivity contribution in [3.8, 4) is 0 Å². The number of carbonyl (C=O) groups excluding carboxylic acids is 3. The molecule has 6 nitrogen and oxygen atoms in total. The Kier molecular flexibility index (Phi) is 8.91. The van der Waals surface area contributed by atoms with Crippen LogP contribution >= 0.6 is 0 Å². The minimum atomic E-state index is -0.292. The number of benzene rings is 3. The quantitative estimate of drug-likeness (QED) is 0.350. The highest BCUT2D eigenvalue weighted by molar-refractivity contribution is 6.19. The third kappa shape index (κ3) is 7.14. The molecule has 2 N–H and O–H groups in total. The molecule has 0 fully saturated rings. The summed E-state index contributed by atoms with van der Waals surface area (Å²) in [6, 6.07) is 27.9. The van der Waals surface area contributed by atoms with Crippen LogP contribution in [-0.2, 0) is 14.3 Å². The first-order chi connectivity index (χ1) is 17.0. The lowest BCUT2D eigenvalue weighted by molar-refractivity contribution is -0.117. The number of rotatable bonds is 6. The molecule has 0 heterocycles. The van der Waals surface area contributed by atoms with E-state index in [1.54, 1.807) is 6.08 Å². The maximum Gasteiger partial charge on any atom is 0.323 e. The number of carbonyl (C=O) groups is 3. The highest BCUT2D eigenvalue weighted by Gasteiger charge is 2.26. The van der Waals surface area contributed by atoms with E-state index in [4.69, 9.17) is 4.74 Å². The number of hydrogen-bond donors (Lipinski definition) is 2. The third-order valence-electron chi connectivity index (χ3n) is 5.09. The summed E-state index contributed by atoms with van der Waals surface area (Å²) in [5, 5.41) is 5.48. The molecule has 0 spiro atoms. The maximum absolute atomic E-state index is 12.1. The zero-order chi connectivity index (χ0) is 25.0. The summed E-state index contributed by atoms with van der Waals surface area (Å²) >= 11 is 0. The number of allylic oxidation sites excluding steroid dienone is 4. The first kappa shape index (κ1) is 24.9. The Labute approximate surface area is 204 Å². The summed E-state index contributed by atoms with van der Waals surface area (Å²) in [5.41, 5.74) is 2.90. The Morgan fingerprint density at radius 3 is 1.71 bits per heavy atom. The molecule has 4 rings (SSSR count). The van der Waals surface area contributed by atoms with Crippen LogP contribution in [0.25, 0.3) is 0 Å². The number of methoxy groups -OCH3 is 1. The van der Waals surface area contributed by atoms with Gasteiger partial charge in [0, 0.05) is 28.9 Å². The highest BCUT2D eigenvalue weighted by Crippen LogP contribution is 2.29. The normalized spacial score (nSPS) is 13.3. The van der Waals surface area contributed by atoms with Crippen molar-refractivity contribution < 1.29 is 19.1 Å². The molecule has 176 valence electrons. The lowest BCUT2D eigenvalue weighted by atomic mass is 9.85. The van der Waals surface area contributed by atoms with Crippen molar-refractivity contribution in [3.63, 3.8) is 0 Å². The molecule has 0 aromatic heterocycles. The minimum absolute atomic E-state index is 0.0737. The largest absolute Gasteiger partial charge is 0.493 e. The summed E-state index contributed by atoms with van der Waals surface area (Å²) in [6.07, 6.45) is 4.23. The van der Waals surface area contributed by atoms with Crippen molar-refractivity contribution in [2.24, 2.45) is 0 Å². The molecule has 0 aliphatic heterocycles. The number of amides is 2. The zero-order valence-electron chi connectivity index (χ0n) is 19.3. The van der Waals surface area contributed by atoms with Gasteiger partial charge in [0.2, 0.25) is 5.78 Å². The van der Waals surface area contributed by atoms with Crippen LogP contribution in [0.3, 0.4) is 0 Å². The smallest absolute Gasteiger partial charge is 0.323 e. The Hall–Kier alpha value is -4.71. The van der Waals surface area contributed by atoms with Crippen molar-refractivity contribution in [3.05, 3.63) is 133 Å². The van der Waals surface area contributed by atoms with E-state index in [1.165, 1.54) is 19.3 Å². The van der Waals surface area contributed by atoms with Gasteiger partial charge in [0.25, 0.3) is 0 Å². The van der Waals surface area contributed by atoms with Gasteiger partial charge in [-0.05, 0) is 35.9 Å². The zero-order valence-corrected chi connectivity index (χ0v) is 19.3. The van der Waals surface area contributed by atoms with E-state index in [9.17, 15) is 14.4 Å². The summed E-state index contributed by atoms with van der Waals surface area (Å²) in [4.78, 5) is 35.4. The van der Waals surface area contributed by atoms with Crippen molar-refractivity contribution in [2.75, 3.05) is 17.7 Å². The third-order valence-corrected chi connectivity index (χ3v) is 5.09. The molecule has 1 aliphatic rings. The van der Waals surface area contributed by atoms with Gasteiger partial charge in [-0.1, -0.05) is 72.8 Å². The first-order valence-corrected chi connectivity index (χ1v) is 10.9. The minimum Gasteiger partial charge on any atom is -0.493 e. The molecule has 2 amide bonds. The second-order valence-corrected chi connectivity index (χ2v) is 7.48. The van der Waals surface area contributed by atoms with E-state index in [0.717, 1.165) is 16.9 Å². The fourth-order valence-electron chi connectivity index (χ4n) is 3.40. The van der Waals surface area contributed by atoms with Gasteiger partial charge in [-0.3, -0.25) is 9.59 Å². The number of ketones is 2. The number of para-hydroxylation sites is 2. The summed E-state index contributed by atoms with van der Waals surface area (Å²) < 4.78 is 4.86. The van der Waals surface area contributed by atoms with Crippen LogP contribution in [0.4, 0.5) is 16.2 Å². The predicted octanol–water partition coefficient (Wildman–Crippen LogP) is 5.90. The molecule has 0 bridgehead atoms. The van der Waals surface area contributed by atoms with Gasteiger partial charge in [-0.2, -0.15) is 0 Å². The SMILES string of the molecule is C=CC(C1=CC(=O)C(OC)=CC1=O)c1ccccc1.O=C(Nc1ccccc1)Nc1ccccc1. The summed E-state index contributed by atoms with van der Waals surface area (Å²) in [5.74, 6) is -0.720. The van der Waals surface area contributed by atoms with E-state index in [2.05, 4.69) is 17.2 Å². The van der Waals surface area contributed by atoms with Gasteiger partial charge in [-0.25, -0.2) is 4.79 Å². The van der Waals surface area contributed by atoms with E-state index in [1.807, 2.05) is 91.0 Å². The predicted molar refractivity (Wildman–Crippen MR) is 138 cm³/mol. The topological polar surface area (TPSA) is 84.5 Å².